The maximum absolute atomic E-state index is 9.46. The maximum Gasteiger partial charge on any atom is 0.0764 e. The van der Waals surface area contributed by atoms with Gasteiger partial charge in [0.15, 0.2) is 0 Å². The van der Waals surface area contributed by atoms with Crippen LogP contribution in [0.25, 0.3) is 0 Å². The first kappa shape index (κ1) is 12.6. The Balaban J connectivity index is 1.88. The Labute approximate surface area is 103 Å². The first-order valence-electron chi connectivity index (χ1n) is 6.63. The molecule has 1 atom stereocenters. The van der Waals surface area contributed by atoms with Crippen LogP contribution in [0.4, 0.5) is 0 Å². The monoisotopic (exact) mass is 237 g/mol. The number of aromatic nitrogens is 2. The van der Waals surface area contributed by atoms with E-state index >= 15 is 0 Å². The SMILES string of the molecule is CCC(C)n1ccc(CN2CCC(O)CC2)n1. The molecule has 4 nitrogen and oxygen atoms in total. The smallest absolute Gasteiger partial charge is 0.0764 e. The average Bonchev–Trinajstić information content (AvgIpc) is 2.80. The number of aliphatic hydroxyl groups excluding tert-OH is 1. The van der Waals surface area contributed by atoms with E-state index in [2.05, 4.69) is 36.1 Å². The summed E-state index contributed by atoms with van der Waals surface area (Å²) in [5, 5.41) is 14.1. The molecule has 2 rings (SSSR count). The summed E-state index contributed by atoms with van der Waals surface area (Å²) in [7, 11) is 0. The molecule has 1 aromatic rings. The van der Waals surface area contributed by atoms with E-state index in [1.54, 1.807) is 0 Å². The van der Waals surface area contributed by atoms with Gasteiger partial charge in [-0.1, -0.05) is 6.92 Å². The van der Waals surface area contributed by atoms with Gasteiger partial charge in [-0.05, 0) is 32.3 Å². The lowest BCUT2D eigenvalue weighted by Crippen LogP contribution is -2.35. The highest BCUT2D eigenvalue weighted by Crippen LogP contribution is 2.14. The van der Waals surface area contributed by atoms with E-state index in [1.165, 1.54) is 0 Å². The molecule has 0 amide bonds. The quantitative estimate of drug-likeness (QED) is 0.868. The summed E-state index contributed by atoms with van der Waals surface area (Å²) >= 11 is 0. The first-order valence-corrected chi connectivity index (χ1v) is 6.63. The second kappa shape index (κ2) is 5.65. The Hall–Kier alpha value is -0.870. The van der Waals surface area contributed by atoms with Crippen molar-refractivity contribution in [3.63, 3.8) is 0 Å². The molecule has 0 aromatic carbocycles. The highest BCUT2D eigenvalue weighted by Gasteiger charge is 2.17. The molecule has 96 valence electrons. The molecule has 0 spiro atoms. The zero-order valence-corrected chi connectivity index (χ0v) is 10.8. The van der Waals surface area contributed by atoms with Crippen LogP contribution in [0.5, 0.6) is 0 Å². The van der Waals surface area contributed by atoms with E-state index in [1.807, 2.05) is 4.68 Å². The number of hydrogen-bond acceptors (Lipinski definition) is 3. The summed E-state index contributed by atoms with van der Waals surface area (Å²) in [4.78, 5) is 2.37. The third-order valence-electron chi connectivity index (χ3n) is 3.65. The number of rotatable bonds is 4. The number of aliphatic hydroxyl groups is 1. The van der Waals surface area contributed by atoms with Crippen LogP contribution < -0.4 is 0 Å². The van der Waals surface area contributed by atoms with Gasteiger partial charge in [-0.15, -0.1) is 0 Å². The number of likely N-dealkylation sites (tertiary alicyclic amines) is 1. The van der Waals surface area contributed by atoms with Crippen molar-refractivity contribution in [2.45, 2.75) is 51.8 Å². The molecule has 1 aromatic heterocycles. The van der Waals surface area contributed by atoms with E-state index in [4.69, 9.17) is 0 Å². The van der Waals surface area contributed by atoms with Crippen LogP contribution in [0.15, 0.2) is 12.3 Å². The fourth-order valence-electron chi connectivity index (χ4n) is 2.20. The topological polar surface area (TPSA) is 41.3 Å². The van der Waals surface area contributed by atoms with Crippen molar-refractivity contribution >= 4 is 0 Å². The lowest BCUT2D eigenvalue weighted by Gasteiger charge is -2.28. The molecule has 0 radical (unpaired) electrons. The van der Waals surface area contributed by atoms with E-state index in [-0.39, 0.29) is 6.10 Å². The molecule has 17 heavy (non-hydrogen) atoms. The normalized spacial score (nSPS) is 20.6. The van der Waals surface area contributed by atoms with Gasteiger partial charge in [-0.2, -0.15) is 5.10 Å². The molecule has 2 heterocycles. The summed E-state index contributed by atoms with van der Waals surface area (Å²) in [6, 6.07) is 2.59. The maximum atomic E-state index is 9.46. The van der Waals surface area contributed by atoms with Crippen LogP contribution in [0.1, 0.15) is 44.8 Å². The number of hydrogen-bond donors (Lipinski definition) is 1. The van der Waals surface area contributed by atoms with E-state index in [0.717, 1.165) is 44.6 Å². The summed E-state index contributed by atoms with van der Waals surface area (Å²) in [5.41, 5.74) is 1.14. The second-order valence-electron chi connectivity index (χ2n) is 5.05. The lowest BCUT2D eigenvalue weighted by atomic mass is 10.1. The van der Waals surface area contributed by atoms with Crippen LogP contribution in [-0.4, -0.2) is 39.0 Å². The molecule has 4 heteroatoms. The van der Waals surface area contributed by atoms with Gasteiger partial charge in [-0.25, -0.2) is 0 Å². The molecule has 1 saturated heterocycles. The van der Waals surface area contributed by atoms with Gasteiger partial charge in [0.05, 0.1) is 11.8 Å². The van der Waals surface area contributed by atoms with Gasteiger partial charge in [0.2, 0.25) is 0 Å². The fraction of sp³-hybridized carbons (Fsp3) is 0.769. The van der Waals surface area contributed by atoms with Crippen molar-refractivity contribution in [3.05, 3.63) is 18.0 Å². The predicted molar refractivity (Wildman–Crippen MR) is 67.7 cm³/mol. The molecule has 1 aliphatic rings. The van der Waals surface area contributed by atoms with Gasteiger partial charge in [0, 0.05) is 31.9 Å². The standard InChI is InChI=1S/C13H23N3O/c1-3-11(2)16-9-4-12(14-16)10-15-7-5-13(17)6-8-15/h4,9,11,13,17H,3,5-8,10H2,1-2H3. The fourth-order valence-corrected chi connectivity index (χ4v) is 2.20. The van der Waals surface area contributed by atoms with Gasteiger partial charge in [-0.3, -0.25) is 9.58 Å². The largest absolute Gasteiger partial charge is 0.393 e. The van der Waals surface area contributed by atoms with Gasteiger partial charge in [0.1, 0.15) is 0 Å². The van der Waals surface area contributed by atoms with E-state index in [0.29, 0.717) is 6.04 Å². The highest BCUT2D eigenvalue weighted by molar-refractivity contribution is 5.00. The molecular formula is C13H23N3O. The molecule has 0 aliphatic carbocycles. The van der Waals surface area contributed by atoms with Crippen LogP contribution in [0.2, 0.25) is 0 Å². The van der Waals surface area contributed by atoms with Crippen molar-refractivity contribution < 1.29 is 5.11 Å². The molecular weight excluding hydrogens is 214 g/mol. The third-order valence-corrected chi connectivity index (χ3v) is 3.65. The van der Waals surface area contributed by atoms with Gasteiger partial charge >= 0.3 is 0 Å². The Bertz CT molecular complexity index is 342. The summed E-state index contributed by atoms with van der Waals surface area (Å²) in [5.74, 6) is 0. The van der Waals surface area contributed by atoms with Crippen molar-refractivity contribution in [1.29, 1.82) is 0 Å². The zero-order valence-electron chi connectivity index (χ0n) is 10.8. The average molecular weight is 237 g/mol. The summed E-state index contributed by atoms with van der Waals surface area (Å²) in [6.45, 7) is 7.25. The lowest BCUT2D eigenvalue weighted by molar-refractivity contribution is 0.0785. The second-order valence-corrected chi connectivity index (χ2v) is 5.05. The minimum absolute atomic E-state index is 0.0936. The molecule has 1 N–H and O–H groups in total. The van der Waals surface area contributed by atoms with Crippen LogP contribution in [0, 0.1) is 0 Å². The number of piperidine rings is 1. The number of nitrogens with zero attached hydrogens (tertiary/aromatic N) is 3. The molecule has 1 fully saturated rings. The van der Waals surface area contributed by atoms with Crippen LogP contribution in [-0.2, 0) is 6.54 Å². The van der Waals surface area contributed by atoms with Crippen molar-refractivity contribution in [2.24, 2.45) is 0 Å². The minimum atomic E-state index is -0.0936. The van der Waals surface area contributed by atoms with Crippen molar-refractivity contribution in [3.8, 4) is 0 Å². The summed E-state index contributed by atoms with van der Waals surface area (Å²) in [6.07, 6.45) is 4.88. The minimum Gasteiger partial charge on any atom is -0.393 e. The van der Waals surface area contributed by atoms with Crippen LogP contribution >= 0.6 is 0 Å². The Morgan fingerprint density at radius 3 is 2.82 bits per heavy atom. The Kier molecular flexibility index (Phi) is 4.18. The Morgan fingerprint density at radius 2 is 2.18 bits per heavy atom. The van der Waals surface area contributed by atoms with Crippen molar-refractivity contribution in [2.75, 3.05) is 13.1 Å². The van der Waals surface area contributed by atoms with Crippen LogP contribution in [0.3, 0.4) is 0 Å². The zero-order chi connectivity index (χ0) is 12.3. The third kappa shape index (κ3) is 3.30. The Morgan fingerprint density at radius 1 is 1.47 bits per heavy atom. The highest BCUT2D eigenvalue weighted by atomic mass is 16.3. The molecule has 0 saturated carbocycles. The predicted octanol–water partition coefficient (Wildman–Crippen LogP) is 1.81. The van der Waals surface area contributed by atoms with E-state index in [9.17, 15) is 5.11 Å². The molecule has 0 bridgehead atoms. The summed E-state index contributed by atoms with van der Waals surface area (Å²) < 4.78 is 2.05. The first-order chi connectivity index (χ1) is 8.19. The van der Waals surface area contributed by atoms with Gasteiger partial charge < -0.3 is 5.11 Å². The van der Waals surface area contributed by atoms with Gasteiger partial charge in [0.25, 0.3) is 0 Å². The van der Waals surface area contributed by atoms with Crippen molar-refractivity contribution in [1.82, 2.24) is 14.7 Å². The molecule has 1 unspecified atom stereocenters. The molecule has 1 aliphatic heterocycles. The van der Waals surface area contributed by atoms with E-state index < -0.39 is 0 Å².